The van der Waals surface area contributed by atoms with E-state index in [1.807, 2.05) is 49.8 Å². The Bertz CT molecular complexity index is 521. The third kappa shape index (κ3) is 4.96. The highest BCUT2D eigenvalue weighted by Gasteiger charge is 2.35. The summed E-state index contributed by atoms with van der Waals surface area (Å²) in [5, 5.41) is 3.55. The molecule has 23 heavy (non-hydrogen) atoms. The second-order valence-corrected chi connectivity index (χ2v) is 7.37. The average Bonchev–Trinajstić information content (AvgIpc) is 3.06. The first-order valence-corrected chi connectivity index (χ1v) is 8.46. The van der Waals surface area contributed by atoms with E-state index in [0.29, 0.717) is 0 Å². The SMILES string of the molecule is CC(NCCc1cncn1C)C1CCCN1C(=O)OC(C)(C)C. The summed E-state index contributed by atoms with van der Waals surface area (Å²) < 4.78 is 7.57. The highest BCUT2D eigenvalue weighted by atomic mass is 16.6. The van der Waals surface area contributed by atoms with E-state index < -0.39 is 5.60 Å². The molecule has 0 aliphatic carbocycles. The van der Waals surface area contributed by atoms with Gasteiger partial charge in [-0.15, -0.1) is 0 Å². The van der Waals surface area contributed by atoms with Crippen LogP contribution in [0.3, 0.4) is 0 Å². The molecule has 6 nitrogen and oxygen atoms in total. The predicted octanol–water partition coefficient (Wildman–Crippen LogP) is 2.34. The van der Waals surface area contributed by atoms with Gasteiger partial charge in [0.15, 0.2) is 0 Å². The number of carbonyl (C=O) groups excluding carboxylic acids is 1. The molecule has 1 aromatic heterocycles. The van der Waals surface area contributed by atoms with E-state index in [9.17, 15) is 4.79 Å². The second kappa shape index (κ2) is 7.34. The third-order valence-corrected chi connectivity index (χ3v) is 4.27. The maximum atomic E-state index is 12.3. The lowest BCUT2D eigenvalue weighted by Crippen LogP contribution is -2.49. The molecule has 2 heterocycles. The monoisotopic (exact) mass is 322 g/mol. The molecule has 0 bridgehead atoms. The molecule has 0 radical (unpaired) electrons. The number of rotatable bonds is 5. The van der Waals surface area contributed by atoms with E-state index >= 15 is 0 Å². The van der Waals surface area contributed by atoms with Crippen LogP contribution in [0.25, 0.3) is 0 Å². The molecular weight excluding hydrogens is 292 g/mol. The fraction of sp³-hybridized carbons (Fsp3) is 0.765. The number of aryl methyl sites for hydroxylation is 1. The zero-order chi connectivity index (χ0) is 17.0. The fourth-order valence-corrected chi connectivity index (χ4v) is 3.05. The number of imidazole rings is 1. The van der Waals surface area contributed by atoms with E-state index in [1.54, 1.807) is 0 Å². The van der Waals surface area contributed by atoms with Crippen molar-refractivity contribution < 1.29 is 9.53 Å². The topological polar surface area (TPSA) is 59.4 Å². The van der Waals surface area contributed by atoms with Gasteiger partial charge in [-0.2, -0.15) is 0 Å². The fourth-order valence-electron chi connectivity index (χ4n) is 3.05. The number of carbonyl (C=O) groups is 1. The van der Waals surface area contributed by atoms with Crippen LogP contribution in [0.2, 0.25) is 0 Å². The molecule has 1 fully saturated rings. The van der Waals surface area contributed by atoms with Gasteiger partial charge in [0.2, 0.25) is 0 Å². The molecule has 0 spiro atoms. The van der Waals surface area contributed by atoms with Gasteiger partial charge in [-0.25, -0.2) is 9.78 Å². The van der Waals surface area contributed by atoms with Crippen molar-refractivity contribution in [3.8, 4) is 0 Å². The largest absolute Gasteiger partial charge is 0.444 e. The van der Waals surface area contributed by atoms with E-state index in [4.69, 9.17) is 4.74 Å². The molecule has 1 N–H and O–H groups in total. The molecule has 0 saturated carbocycles. The minimum Gasteiger partial charge on any atom is -0.444 e. The zero-order valence-corrected chi connectivity index (χ0v) is 15.0. The van der Waals surface area contributed by atoms with Crippen LogP contribution >= 0.6 is 0 Å². The molecule has 1 aliphatic heterocycles. The number of likely N-dealkylation sites (tertiary alicyclic amines) is 1. The number of aromatic nitrogens is 2. The van der Waals surface area contributed by atoms with E-state index in [0.717, 1.165) is 32.4 Å². The number of hydrogen-bond acceptors (Lipinski definition) is 4. The van der Waals surface area contributed by atoms with Crippen molar-refractivity contribution in [2.45, 2.75) is 64.6 Å². The van der Waals surface area contributed by atoms with Gasteiger partial charge < -0.3 is 19.5 Å². The summed E-state index contributed by atoms with van der Waals surface area (Å²) in [6.45, 7) is 9.53. The standard InChI is InChI=1S/C17H30N4O2/c1-13(19-9-8-14-11-18-12-20(14)5)15-7-6-10-21(15)16(22)23-17(2,3)4/h11-13,15,19H,6-10H2,1-5H3. The lowest BCUT2D eigenvalue weighted by molar-refractivity contribution is 0.0201. The Balaban J connectivity index is 1.84. The van der Waals surface area contributed by atoms with Gasteiger partial charge in [0.05, 0.1) is 12.4 Å². The summed E-state index contributed by atoms with van der Waals surface area (Å²) >= 11 is 0. The van der Waals surface area contributed by atoms with Gasteiger partial charge in [-0.3, -0.25) is 0 Å². The number of amides is 1. The van der Waals surface area contributed by atoms with Crippen molar-refractivity contribution in [2.24, 2.45) is 7.05 Å². The normalized spacial score (nSPS) is 19.9. The lowest BCUT2D eigenvalue weighted by Gasteiger charge is -2.32. The van der Waals surface area contributed by atoms with Crippen LogP contribution in [0.4, 0.5) is 4.79 Å². The summed E-state index contributed by atoms with van der Waals surface area (Å²) in [5.74, 6) is 0. The van der Waals surface area contributed by atoms with Crippen molar-refractivity contribution in [3.05, 3.63) is 18.2 Å². The zero-order valence-electron chi connectivity index (χ0n) is 15.0. The molecule has 0 aromatic carbocycles. The Kier molecular flexibility index (Phi) is 5.68. The van der Waals surface area contributed by atoms with Gasteiger partial charge in [0.1, 0.15) is 5.60 Å². The number of hydrogen-bond donors (Lipinski definition) is 1. The first-order chi connectivity index (χ1) is 10.8. The van der Waals surface area contributed by atoms with Gasteiger partial charge in [-0.05, 0) is 40.5 Å². The summed E-state index contributed by atoms with van der Waals surface area (Å²) in [7, 11) is 2.01. The van der Waals surface area contributed by atoms with Crippen LogP contribution in [-0.2, 0) is 18.2 Å². The summed E-state index contributed by atoms with van der Waals surface area (Å²) in [4.78, 5) is 18.4. The minimum atomic E-state index is -0.444. The average molecular weight is 322 g/mol. The van der Waals surface area contributed by atoms with Crippen molar-refractivity contribution in [1.82, 2.24) is 19.8 Å². The van der Waals surface area contributed by atoms with Crippen molar-refractivity contribution in [2.75, 3.05) is 13.1 Å². The Morgan fingerprint density at radius 3 is 2.87 bits per heavy atom. The highest BCUT2D eigenvalue weighted by molar-refractivity contribution is 5.69. The predicted molar refractivity (Wildman–Crippen MR) is 90.3 cm³/mol. The van der Waals surface area contributed by atoms with Crippen molar-refractivity contribution in [3.63, 3.8) is 0 Å². The van der Waals surface area contributed by atoms with Crippen molar-refractivity contribution >= 4 is 6.09 Å². The summed E-state index contributed by atoms with van der Waals surface area (Å²) in [5.41, 5.74) is 0.764. The van der Waals surface area contributed by atoms with Gasteiger partial charge >= 0.3 is 6.09 Å². The molecule has 1 aromatic rings. The lowest BCUT2D eigenvalue weighted by atomic mass is 10.1. The van der Waals surface area contributed by atoms with Gasteiger partial charge in [0.25, 0.3) is 0 Å². The smallest absolute Gasteiger partial charge is 0.410 e. The summed E-state index contributed by atoms with van der Waals surface area (Å²) in [6.07, 6.45) is 6.52. The third-order valence-electron chi connectivity index (χ3n) is 4.27. The number of ether oxygens (including phenoxy) is 1. The van der Waals surface area contributed by atoms with Crippen LogP contribution in [0, 0.1) is 0 Å². The molecule has 1 saturated heterocycles. The van der Waals surface area contributed by atoms with E-state index in [-0.39, 0.29) is 18.2 Å². The molecule has 130 valence electrons. The van der Waals surface area contributed by atoms with Gasteiger partial charge in [-0.1, -0.05) is 0 Å². The Morgan fingerprint density at radius 1 is 1.52 bits per heavy atom. The highest BCUT2D eigenvalue weighted by Crippen LogP contribution is 2.23. The second-order valence-electron chi connectivity index (χ2n) is 7.37. The first kappa shape index (κ1) is 17.8. The Labute approximate surface area is 139 Å². The maximum absolute atomic E-state index is 12.3. The Morgan fingerprint density at radius 2 is 2.26 bits per heavy atom. The van der Waals surface area contributed by atoms with E-state index in [2.05, 4.69) is 17.2 Å². The van der Waals surface area contributed by atoms with Crippen LogP contribution < -0.4 is 5.32 Å². The van der Waals surface area contributed by atoms with Crippen molar-refractivity contribution in [1.29, 1.82) is 0 Å². The molecular formula is C17H30N4O2. The first-order valence-electron chi connectivity index (χ1n) is 8.46. The van der Waals surface area contributed by atoms with E-state index in [1.165, 1.54) is 5.69 Å². The number of nitrogens with zero attached hydrogens (tertiary/aromatic N) is 3. The quantitative estimate of drug-likeness (QED) is 0.904. The van der Waals surface area contributed by atoms with Gasteiger partial charge in [0, 0.05) is 44.5 Å². The number of nitrogens with one attached hydrogen (secondary N) is 1. The minimum absolute atomic E-state index is 0.194. The molecule has 1 amide bonds. The molecule has 2 unspecified atom stereocenters. The molecule has 2 atom stereocenters. The van der Waals surface area contributed by atoms with Crippen LogP contribution in [0.15, 0.2) is 12.5 Å². The summed E-state index contributed by atoms with van der Waals surface area (Å²) in [6, 6.07) is 0.453. The van der Waals surface area contributed by atoms with Crippen LogP contribution in [-0.4, -0.2) is 51.3 Å². The Hall–Kier alpha value is -1.56. The van der Waals surface area contributed by atoms with Crippen LogP contribution in [0.1, 0.15) is 46.2 Å². The molecule has 2 rings (SSSR count). The van der Waals surface area contributed by atoms with Crippen LogP contribution in [0.5, 0.6) is 0 Å². The maximum Gasteiger partial charge on any atom is 0.410 e. The molecule has 6 heteroatoms. The molecule has 1 aliphatic rings.